The van der Waals surface area contributed by atoms with Gasteiger partial charge < -0.3 is 5.32 Å². The predicted octanol–water partition coefficient (Wildman–Crippen LogP) is 2.12. The first kappa shape index (κ1) is 8.97. The maximum absolute atomic E-state index is 5.25. The normalized spacial score (nSPS) is 12.3. The number of rotatable bonds is 2. The highest BCUT2D eigenvalue weighted by Gasteiger charge is 2.02. The van der Waals surface area contributed by atoms with Crippen LogP contribution in [0.25, 0.3) is 10.2 Å². The second-order valence-electron chi connectivity index (χ2n) is 2.90. The van der Waals surface area contributed by atoms with Crippen molar-refractivity contribution in [3.05, 3.63) is 17.6 Å². The molecule has 0 aliphatic rings. The van der Waals surface area contributed by atoms with Crippen molar-refractivity contribution in [1.29, 1.82) is 0 Å². The van der Waals surface area contributed by atoms with Crippen molar-refractivity contribution in [2.45, 2.75) is 13.0 Å². The lowest BCUT2D eigenvalue weighted by molar-refractivity contribution is 0.992. The fourth-order valence-electron chi connectivity index (χ4n) is 1.07. The van der Waals surface area contributed by atoms with E-state index in [0.29, 0.717) is 5.95 Å². The summed E-state index contributed by atoms with van der Waals surface area (Å²) in [6.45, 7) is 1.89. The molecule has 1 unspecified atom stereocenters. The molecule has 0 spiro atoms. The molecule has 0 fully saturated rings. The van der Waals surface area contributed by atoms with Gasteiger partial charge in [0.25, 0.3) is 0 Å². The van der Waals surface area contributed by atoms with Gasteiger partial charge in [0.15, 0.2) is 0 Å². The molecule has 1 N–H and O–H groups in total. The molecule has 4 heteroatoms. The first-order valence-electron chi connectivity index (χ1n) is 4.22. The Labute approximate surface area is 86.2 Å². The molecule has 0 bridgehead atoms. The third kappa shape index (κ3) is 1.68. The number of aromatic nitrogens is 2. The van der Waals surface area contributed by atoms with E-state index in [-0.39, 0.29) is 6.04 Å². The van der Waals surface area contributed by atoms with Gasteiger partial charge in [-0.2, -0.15) is 0 Å². The number of fused-ring (bicyclic) bond motifs is 1. The summed E-state index contributed by atoms with van der Waals surface area (Å²) in [4.78, 5) is 8.48. The molecule has 0 aliphatic carbocycles. The molecular weight excluding hydrogens is 194 g/mol. The van der Waals surface area contributed by atoms with E-state index in [1.165, 1.54) is 0 Å². The zero-order chi connectivity index (χ0) is 9.97. The van der Waals surface area contributed by atoms with E-state index in [0.717, 1.165) is 10.2 Å². The largest absolute Gasteiger partial charge is 0.341 e. The zero-order valence-electron chi connectivity index (χ0n) is 7.69. The van der Waals surface area contributed by atoms with Crippen LogP contribution in [-0.4, -0.2) is 16.0 Å². The molecule has 0 amide bonds. The van der Waals surface area contributed by atoms with Crippen LogP contribution in [0.5, 0.6) is 0 Å². The monoisotopic (exact) mass is 203 g/mol. The summed E-state index contributed by atoms with van der Waals surface area (Å²) in [5.74, 6) is 3.15. The Morgan fingerprint density at radius 2 is 2.50 bits per heavy atom. The third-order valence-corrected chi connectivity index (χ3v) is 2.64. The van der Waals surface area contributed by atoms with Crippen molar-refractivity contribution >= 4 is 27.5 Å². The number of thiophene rings is 1. The molecule has 0 saturated carbocycles. The molecule has 0 saturated heterocycles. The van der Waals surface area contributed by atoms with Gasteiger partial charge in [-0.25, -0.2) is 9.97 Å². The van der Waals surface area contributed by atoms with Gasteiger partial charge in [-0.15, -0.1) is 17.8 Å². The van der Waals surface area contributed by atoms with Crippen LogP contribution in [0.15, 0.2) is 17.6 Å². The third-order valence-electron chi connectivity index (χ3n) is 1.80. The minimum absolute atomic E-state index is 0.0499. The zero-order valence-corrected chi connectivity index (χ0v) is 8.51. The molecule has 70 valence electrons. The number of nitrogens with one attached hydrogen (secondary N) is 1. The van der Waals surface area contributed by atoms with E-state index < -0.39 is 0 Å². The number of hydrogen-bond donors (Lipinski definition) is 1. The van der Waals surface area contributed by atoms with Crippen molar-refractivity contribution in [3.8, 4) is 12.3 Å². The van der Waals surface area contributed by atoms with E-state index in [4.69, 9.17) is 6.42 Å². The molecule has 14 heavy (non-hydrogen) atoms. The predicted molar refractivity (Wildman–Crippen MR) is 59.3 cm³/mol. The van der Waals surface area contributed by atoms with Crippen LogP contribution < -0.4 is 5.32 Å². The summed E-state index contributed by atoms with van der Waals surface area (Å²) in [7, 11) is 0. The lowest BCUT2D eigenvalue weighted by Crippen LogP contribution is -2.14. The lowest BCUT2D eigenvalue weighted by Gasteiger charge is -2.06. The number of terminal acetylenes is 1. The minimum atomic E-state index is -0.0499. The van der Waals surface area contributed by atoms with Gasteiger partial charge in [0.2, 0.25) is 5.95 Å². The van der Waals surface area contributed by atoms with Crippen LogP contribution in [0.3, 0.4) is 0 Å². The smallest absolute Gasteiger partial charge is 0.224 e. The quantitative estimate of drug-likeness (QED) is 0.760. The molecule has 0 aromatic carbocycles. The van der Waals surface area contributed by atoms with E-state index in [9.17, 15) is 0 Å². The maximum atomic E-state index is 5.25. The topological polar surface area (TPSA) is 37.8 Å². The molecule has 0 aliphatic heterocycles. The van der Waals surface area contributed by atoms with Gasteiger partial charge in [0.1, 0.15) is 0 Å². The molecule has 2 aromatic rings. The first-order valence-corrected chi connectivity index (χ1v) is 5.10. The summed E-state index contributed by atoms with van der Waals surface area (Å²) >= 11 is 1.63. The summed E-state index contributed by atoms with van der Waals surface area (Å²) in [5, 5.41) is 5.01. The van der Waals surface area contributed by atoms with E-state index in [2.05, 4.69) is 21.2 Å². The Bertz CT molecular complexity index is 483. The van der Waals surface area contributed by atoms with Crippen LogP contribution in [0.1, 0.15) is 6.92 Å². The molecule has 1 atom stereocenters. The average molecular weight is 203 g/mol. The van der Waals surface area contributed by atoms with Crippen LogP contribution in [0, 0.1) is 12.3 Å². The number of hydrogen-bond acceptors (Lipinski definition) is 4. The number of nitrogens with zero attached hydrogens (tertiary/aromatic N) is 2. The summed E-state index contributed by atoms with van der Waals surface area (Å²) < 4.78 is 1.09. The fourth-order valence-corrected chi connectivity index (χ4v) is 1.76. The summed E-state index contributed by atoms with van der Waals surface area (Å²) in [6, 6.07) is 1.92. The summed E-state index contributed by atoms with van der Waals surface area (Å²) in [5.41, 5.74) is 0.955. The fraction of sp³-hybridized carbons (Fsp3) is 0.200. The van der Waals surface area contributed by atoms with Gasteiger partial charge in [-0.05, 0) is 18.4 Å². The average Bonchev–Trinajstić information content (AvgIpc) is 2.64. The van der Waals surface area contributed by atoms with Crippen molar-refractivity contribution in [2.75, 3.05) is 5.32 Å². The van der Waals surface area contributed by atoms with E-state index in [1.807, 2.05) is 18.4 Å². The minimum Gasteiger partial charge on any atom is -0.341 e. The Balaban J connectivity index is 2.31. The van der Waals surface area contributed by atoms with Crippen LogP contribution >= 0.6 is 11.3 Å². The molecule has 2 aromatic heterocycles. The SMILES string of the molecule is C#CC(C)Nc1ncc2sccc2n1. The van der Waals surface area contributed by atoms with Gasteiger partial charge in [-0.1, -0.05) is 5.92 Å². The van der Waals surface area contributed by atoms with Crippen molar-refractivity contribution in [2.24, 2.45) is 0 Å². The van der Waals surface area contributed by atoms with Gasteiger partial charge in [-0.3, -0.25) is 0 Å². The van der Waals surface area contributed by atoms with Crippen LogP contribution in [-0.2, 0) is 0 Å². The van der Waals surface area contributed by atoms with Crippen molar-refractivity contribution < 1.29 is 0 Å². The Hall–Kier alpha value is -1.60. The van der Waals surface area contributed by atoms with Gasteiger partial charge in [0, 0.05) is 0 Å². The van der Waals surface area contributed by atoms with Crippen molar-refractivity contribution in [3.63, 3.8) is 0 Å². The highest BCUT2D eigenvalue weighted by Crippen LogP contribution is 2.18. The van der Waals surface area contributed by atoms with Crippen LogP contribution in [0.4, 0.5) is 5.95 Å². The van der Waals surface area contributed by atoms with E-state index in [1.54, 1.807) is 17.5 Å². The standard InChI is InChI=1S/C10H9N3S/c1-3-7(2)12-10-11-6-9-8(13-10)4-5-14-9/h1,4-7H,2H3,(H,11,12,13). The van der Waals surface area contributed by atoms with Crippen LogP contribution in [0.2, 0.25) is 0 Å². The molecule has 0 radical (unpaired) electrons. The Kier molecular flexibility index (Phi) is 2.33. The molecule has 2 rings (SSSR count). The second-order valence-corrected chi connectivity index (χ2v) is 3.84. The summed E-state index contributed by atoms with van der Waals surface area (Å²) in [6.07, 6.45) is 7.05. The Morgan fingerprint density at radius 1 is 1.64 bits per heavy atom. The highest BCUT2D eigenvalue weighted by molar-refractivity contribution is 7.17. The molecule has 2 heterocycles. The maximum Gasteiger partial charge on any atom is 0.224 e. The van der Waals surface area contributed by atoms with Crippen molar-refractivity contribution in [1.82, 2.24) is 9.97 Å². The number of anilines is 1. The second kappa shape index (κ2) is 3.64. The van der Waals surface area contributed by atoms with Gasteiger partial charge >= 0.3 is 0 Å². The molecular formula is C10H9N3S. The molecule has 3 nitrogen and oxygen atoms in total. The highest BCUT2D eigenvalue weighted by atomic mass is 32.1. The van der Waals surface area contributed by atoms with E-state index >= 15 is 0 Å². The first-order chi connectivity index (χ1) is 6.79. The lowest BCUT2D eigenvalue weighted by atomic mass is 10.4. The Morgan fingerprint density at radius 3 is 3.29 bits per heavy atom. The van der Waals surface area contributed by atoms with Gasteiger partial charge in [0.05, 0.1) is 22.5 Å².